The Balaban J connectivity index is 1.89. The zero-order chi connectivity index (χ0) is 17.7. The summed E-state index contributed by atoms with van der Waals surface area (Å²) in [4.78, 5) is 36.5. The van der Waals surface area contributed by atoms with Crippen LogP contribution in [0.2, 0.25) is 0 Å². The number of nitriles is 1. The Labute approximate surface area is 142 Å². The number of ether oxygens (including phenoxy) is 1. The molecule has 1 heterocycles. The molecule has 0 saturated heterocycles. The number of quaternary nitrogens is 1. The average molecular weight is 346 g/mol. The standard InChI is InChI=1S/C16H15N3O4S/c1-9(18)10(7-17)12(20)8-23-15(21)6-14-16(22)19-11-4-2-3-5-13(11)24-14/h2-5,10,14H,1,6,8,18H2,(H,19,22)/p+1/t10-,14+/m1/s1. The first-order chi connectivity index (χ1) is 11.4. The van der Waals surface area contributed by atoms with Gasteiger partial charge in [-0.1, -0.05) is 12.1 Å². The fourth-order valence-electron chi connectivity index (χ4n) is 2.06. The van der Waals surface area contributed by atoms with E-state index >= 15 is 0 Å². The number of nitrogens with one attached hydrogen (secondary N) is 1. The van der Waals surface area contributed by atoms with Crippen molar-refractivity contribution in [2.75, 3.05) is 11.9 Å². The zero-order valence-corrected chi connectivity index (χ0v) is 13.6. The molecule has 0 unspecified atom stereocenters. The van der Waals surface area contributed by atoms with Crippen LogP contribution in [0, 0.1) is 17.2 Å². The largest absolute Gasteiger partial charge is 0.458 e. The van der Waals surface area contributed by atoms with Crippen molar-refractivity contribution in [1.29, 1.82) is 5.26 Å². The molecule has 1 aliphatic rings. The Hall–Kier alpha value is -2.63. The topological polar surface area (TPSA) is 124 Å². The van der Waals surface area contributed by atoms with Crippen molar-refractivity contribution < 1.29 is 24.9 Å². The summed E-state index contributed by atoms with van der Waals surface area (Å²) >= 11 is 1.27. The molecule has 7 nitrogen and oxygen atoms in total. The highest BCUT2D eigenvalue weighted by Gasteiger charge is 2.30. The van der Waals surface area contributed by atoms with Crippen LogP contribution in [0.5, 0.6) is 0 Å². The van der Waals surface area contributed by atoms with Crippen molar-refractivity contribution in [3.05, 3.63) is 36.5 Å². The van der Waals surface area contributed by atoms with Gasteiger partial charge in [0.25, 0.3) is 0 Å². The number of benzene rings is 1. The van der Waals surface area contributed by atoms with E-state index in [4.69, 9.17) is 10.00 Å². The van der Waals surface area contributed by atoms with Crippen LogP contribution in [0.3, 0.4) is 0 Å². The number of thioether (sulfide) groups is 1. The minimum atomic E-state index is -1.10. The summed E-state index contributed by atoms with van der Waals surface area (Å²) < 4.78 is 4.87. The molecule has 1 aromatic rings. The number of hydrogen-bond acceptors (Lipinski definition) is 6. The minimum Gasteiger partial charge on any atom is -0.458 e. The maximum Gasteiger partial charge on any atom is 0.307 e. The molecule has 0 spiro atoms. The predicted molar refractivity (Wildman–Crippen MR) is 86.4 cm³/mol. The number of amides is 1. The number of fused-ring (bicyclic) bond motifs is 1. The molecule has 2 atom stereocenters. The van der Waals surface area contributed by atoms with Crippen molar-refractivity contribution in [1.82, 2.24) is 0 Å². The maximum atomic E-state index is 12.0. The summed E-state index contributed by atoms with van der Waals surface area (Å²) in [6.07, 6.45) is -0.166. The maximum absolute atomic E-state index is 12.0. The number of hydrogen-bond donors (Lipinski definition) is 2. The minimum absolute atomic E-state index is 0.150. The molecular formula is C16H16N3O4S+. The Morgan fingerprint density at radius 1 is 1.46 bits per heavy atom. The third-order valence-corrected chi connectivity index (χ3v) is 4.57. The summed E-state index contributed by atoms with van der Waals surface area (Å²) in [5.41, 5.74) is 4.31. The second-order valence-electron chi connectivity index (χ2n) is 5.14. The van der Waals surface area contributed by atoms with Crippen LogP contribution < -0.4 is 11.1 Å². The molecule has 4 N–H and O–H groups in total. The fourth-order valence-corrected chi connectivity index (χ4v) is 3.16. The van der Waals surface area contributed by atoms with Gasteiger partial charge < -0.3 is 15.8 Å². The smallest absolute Gasteiger partial charge is 0.307 e. The Bertz CT molecular complexity index is 741. The van der Waals surface area contributed by atoms with Crippen LogP contribution in [-0.2, 0) is 19.1 Å². The van der Waals surface area contributed by atoms with E-state index in [0.717, 1.165) is 4.90 Å². The van der Waals surface area contributed by atoms with Crippen molar-refractivity contribution in [2.45, 2.75) is 16.6 Å². The second-order valence-corrected chi connectivity index (χ2v) is 6.39. The number of carbonyl (C=O) groups excluding carboxylic acids is 3. The quantitative estimate of drug-likeness (QED) is 0.723. The van der Waals surface area contributed by atoms with Crippen LogP contribution in [-0.4, -0.2) is 29.5 Å². The molecule has 24 heavy (non-hydrogen) atoms. The molecule has 124 valence electrons. The Kier molecular flexibility index (Phi) is 5.73. The van der Waals surface area contributed by atoms with Gasteiger partial charge in [-0.25, -0.2) is 0 Å². The van der Waals surface area contributed by atoms with Crippen molar-refractivity contribution in [3.63, 3.8) is 0 Å². The van der Waals surface area contributed by atoms with E-state index in [1.807, 2.05) is 18.2 Å². The molecule has 1 amide bonds. The summed E-state index contributed by atoms with van der Waals surface area (Å²) in [7, 11) is 0. The molecule has 0 aliphatic carbocycles. The number of carbonyl (C=O) groups is 3. The van der Waals surface area contributed by atoms with E-state index < -0.39 is 29.5 Å². The van der Waals surface area contributed by atoms with Crippen molar-refractivity contribution in [2.24, 2.45) is 5.92 Å². The van der Waals surface area contributed by atoms with Gasteiger partial charge in [-0.2, -0.15) is 5.26 Å². The lowest BCUT2D eigenvalue weighted by Gasteiger charge is -2.23. The van der Waals surface area contributed by atoms with E-state index in [1.54, 1.807) is 12.1 Å². The first-order valence-corrected chi connectivity index (χ1v) is 7.95. The lowest BCUT2D eigenvalue weighted by atomic mass is 10.0. The van der Waals surface area contributed by atoms with E-state index in [0.29, 0.717) is 5.69 Å². The third kappa shape index (κ3) is 4.22. The number of allylic oxidation sites excluding steroid dienone is 1. The van der Waals surface area contributed by atoms with Crippen LogP contribution in [0.4, 0.5) is 5.69 Å². The van der Waals surface area contributed by atoms with Gasteiger partial charge in [0.05, 0.1) is 23.4 Å². The van der Waals surface area contributed by atoms with Gasteiger partial charge in [0, 0.05) is 4.90 Å². The van der Waals surface area contributed by atoms with Gasteiger partial charge in [-0.15, -0.1) is 11.8 Å². The van der Waals surface area contributed by atoms with E-state index in [1.165, 1.54) is 11.8 Å². The van der Waals surface area contributed by atoms with Gasteiger partial charge in [0.15, 0.2) is 18.3 Å². The van der Waals surface area contributed by atoms with Crippen LogP contribution >= 0.6 is 11.8 Å². The Morgan fingerprint density at radius 3 is 2.83 bits per heavy atom. The predicted octanol–water partition coefficient (Wildman–Crippen LogP) is 0.497. The number of rotatable bonds is 6. The normalized spacial score (nSPS) is 17.0. The zero-order valence-electron chi connectivity index (χ0n) is 12.8. The summed E-state index contributed by atoms with van der Waals surface area (Å²) in [5.74, 6) is -2.65. The van der Waals surface area contributed by atoms with Crippen molar-refractivity contribution in [3.8, 4) is 6.07 Å². The lowest BCUT2D eigenvalue weighted by Crippen LogP contribution is -2.51. The third-order valence-electron chi connectivity index (χ3n) is 3.29. The fraction of sp³-hybridized carbons (Fsp3) is 0.250. The molecule has 1 aromatic carbocycles. The highest BCUT2D eigenvalue weighted by molar-refractivity contribution is 8.01. The summed E-state index contributed by atoms with van der Waals surface area (Å²) in [6.45, 7) is 2.91. The van der Waals surface area contributed by atoms with Gasteiger partial charge in [0.1, 0.15) is 5.70 Å². The molecule has 2 rings (SSSR count). The highest BCUT2D eigenvalue weighted by atomic mass is 32.2. The molecule has 0 radical (unpaired) electrons. The monoisotopic (exact) mass is 346 g/mol. The number of ketones is 1. The number of esters is 1. The van der Waals surface area contributed by atoms with E-state index in [9.17, 15) is 14.4 Å². The SMILES string of the molecule is C=C([NH3+])[C@@H](C#N)C(=O)COC(=O)C[C@@H]1Sc2ccccc2NC1=O. The summed E-state index contributed by atoms with van der Waals surface area (Å²) in [6, 6.07) is 9.02. The number of para-hydroxylation sites is 1. The lowest BCUT2D eigenvalue weighted by molar-refractivity contribution is -0.309. The Morgan fingerprint density at radius 2 is 2.17 bits per heavy atom. The number of Topliss-reactive ketones (excluding diaryl/α,β-unsaturated/α-hetero) is 1. The van der Waals surface area contributed by atoms with Gasteiger partial charge in [-0.3, -0.25) is 14.4 Å². The highest BCUT2D eigenvalue weighted by Crippen LogP contribution is 2.36. The molecule has 0 fully saturated rings. The van der Waals surface area contributed by atoms with Gasteiger partial charge in [0.2, 0.25) is 5.91 Å². The molecule has 1 aliphatic heterocycles. The second kappa shape index (κ2) is 7.77. The molecule has 0 bridgehead atoms. The number of anilines is 1. The summed E-state index contributed by atoms with van der Waals surface area (Å²) in [5, 5.41) is 10.9. The van der Waals surface area contributed by atoms with Crippen LogP contribution in [0.1, 0.15) is 6.42 Å². The van der Waals surface area contributed by atoms with E-state index in [2.05, 4.69) is 17.6 Å². The molecule has 0 aromatic heterocycles. The van der Waals surface area contributed by atoms with Crippen LogP contribution in [0.15, 0.2) is 41.4 Å². The molecular weight excluding hydrogens is 330 g/mol. The first kappa shape index (κ1) is 17.7. The molecule has 0 saturated carbocycles. The van der Waals surface area contributed by atoms with E-state index in [-0.39, 0.29) is 18.0 Å². The van der Waals surface area contributed by atoms with Gasteiger partial charge in [-0.05, 0) is 18.7 Å². The van der Waals surface area contributed by atoms with Gasteiger partial charge >= 0.3 is 5.97 Å². The average Bonchev–Trinajstić information content (AvgIpc) is 2.54. The number of nitrogens with zero attached hydrogens (tertiary/aromatic N) is 1. The molecule has 8 heteroatoms. The van der Waals surface area contributed by atoms with Crippen molar-refractivity contribution >= 4 is 35.1 Å². The first-order valence-electron chi connectivity index (χ1n) is 7.07. The van der Waals surface area contributed by atoms with Crippen LogP contribution in [0.25, 0.3) is 0 Å².